The van der Waals surface area contributed by atoms with Crippen molar-refractivity contribution >= 4 is 17.3 Å². The van der Waals surface area contributed by atoms with Gasteiger partial charge in [-0.05, 0) is 12.1 Å². The van der Waals surface area contributed by atoms with Crippen molar-refractivity contribution in [3.8, 4) is 0 Å². The summed E-state index contributed by atoms with van der Waals surface area (Å²) in [5, 5.41) is 18.3. The van der Waals surface area contributed by atoms with Crippen LogP contribution in [0.4, 0.5) is 32.0 Å². The molecule has 1 aromatic rings. The average molecular weight is 338 g/mol. The molecule has 1 unspecified atom stereocenters. The van der Waals surface area contributed by atoms with E-state index in [0.29, 0.717) is 12.1 Å². The van der Waals surface area contributed by atoms with Crippen LogP contribution in [0.25, 0.3) is 0 Å². The van der Waals surface area contributed by atoms with Crippen molar-refractivity contribution in [3.63, 3.8) is 0 Å². The molecule has 1 aromatic carbocycles. The highest BCUT2D eigenvalue weighted by Crippen LogP contribution is 2.43. The first-order valence-corrected chi connectivity index (χ1v) is 5.85. The third-order valence-electron chi connectivity index (χ3n) is 2.44. The molecule has 0 amide bonds. The van der Waals surface area contributed by atoms with Crippen LogP contribution in [0, 0.1) is 0 Å². The molecule has 3 nitrogen and oxygen atoms in total. The summed E-state index contributed by atoms with van der Waals surface area (Å²) < 4.78 is 76.2. The second-order valence-electron chi connectivity index (χ2n) is 4.10. The minimum atomic E-state index is -5.07. The summed E-state index contributed by atoms with van der Waals surface area (Å²) in [5.41, 5.74) is -3.80. The van der Waals surface area contributed by atoms with Gasteiger partial charge in [0.05, 0.1) is 28.9 Å². The smallest absolute Gasteiger partial charge is 0.394 e. The number of benzene rings is 1. The molecule has 0 fully saturated rings. The van der Waals surface area contributed by atoms with Crippen molar-refractivity contribution in [2.45, 2.75) is 18.5 Å². The number of nitrogens with one attached hydrogen (secondary N) is 1. The van der Waals surface area contributed by atoms with Gasteiger partial charge in [-0.2, -0.15) is 26.3 Å². The Morgan fingerprint density at radius 1 is 1.05 bits per heavy atom. The summed E-state index contributed by atoms with van der Waals surface area (Å²) in [4.78, 5) is 0. The maximum Gasteiger partial charge on any atom is 0.417 e. The molecule has 0 radical (unpaired) electrons. The van der Waals surface area contributed by atoms with E-state index in [2.05, 4.69) is 5.32 Å². The molecule has 1 rings (SSSR count). The standard InChI is InChI=1S/C11H10ClF6NO2/c12-9-7(10(13,14)15)1-5(19-3-6(21)4-20)2-8(9)11(16,17)18/h1-2,6,19-21H,3-4H2. The van der Waals surface area contributed by atoms with E-state index in [1.54, 1.807) is 0 Å². The van der Waals surface area contributed by atoms with E-state index in [4.69, 9.17) is 21.8 Å². The molecule has 0 saturated heterocycles. The SMILES string of the molecule is OCC(O)CNc1cc(C(F)(F)F)c(Cl)c(C(F)(F)F)c1. The summed E-state index contributed by atoms with van der Waals surface area (Å²) in [6.07, 6.45) is -11.5. The van der Waals surface area contributed by atoms with E-state index in [0.717, 1.165) is 0 Å². The fourth-order valence-corrected chi connectivity index (χ4v) is 1.76. The third-order valence-corrected chi connectivity index (χ3v) is 2.84. The Morgan fingerprint density at radius 2 is 1.48 bits per heavy atom. The number of alkyl halides is 6. The number of halogens is 7. The van der Waals surface area contributed by atoms with Crippen molar-refractivity contribution in [3.05, 3.63) is 28.3 Å². The molecule has 0 aliphatic carbocycles. The molecule has 0 bridgehead atoms. The van der Waals surface area contributed by atoms with Gasteiger partial charge in [0.1, 0.15) is 0 Å². The first-order valence-electron chi connectivity index (χ1n) is 5.47. The van der Waals surface area contributed by atoms with Crippen molar-refractivity contribution in [1.82, 2.24) is 0 Å². The lowest BCUT2D eigenvalue weighted by Gasteiger charge is -2.18. The Balaban J connectivity index is 3.27. The highest BCUT2D eigenvalue weighted by molar-refractivity contribution is 6.32. The summed E-state index contributed by atoms with van der Waals surface area (Å²) in [5.74, 6) is 0. The van der Waals surface area contributed by atoms with E-state index in [-0.39, 0.29) is 0 Å². The number of hydrogen-bond donors (Lipinski definition) is 3. The molecule has 0 aromatic heterocycles. The lowest BCUT2D eigenvalue weighted by atomic mass is 10.1. The Morgan fingerprint density at radius 3 is 1.81 bits per heavy atom. The molecule has 0 saturated carbocycles. The monoisotopic (exact) mass is 337 g/mol. The first-order chi connectivity index (χ1) is 9.46. The normalized spacial score (nSPS) is 14.1. The number of aliphatic hydroxyl groups is 2. The highest BCUT2D eigenvalue weighted by atomic mass is 35.5. The maximum absolute atomic E-state index is 12.7. The van der Waals surface area contributed by atoms with Crippen molar-refractivity contribution < 1.29 is 36.6 Å². The van der Waals surface area contributed by atoms with Gasteiger partial charge in [0.25, 0.3) is 0 Å². The molecule has 0 spiro atoms. The second-order valence-corrected chi connectivity index (χ2v) is 4.48. The minimum Gasteiger partial charge on any atom is -0.394 e. The van der Waals surface area contributed by atoms with Crippen molar-refractivity contribution in [1.29, 1.82) is 0 Å². The quantitative estimate of drug-likeness (QED) is 0.740. The summed E-state index contributed by atoms with van der Waals surface area (Å²) in [6.45, 7) is -1.12. The highest BCUT2D eigenvalue weighted by Gasteiger charge is 2.41. The number of anilines is 1. The van der Waals surface area contributed by atoms with E-state index in [1.807, 2.05) is 0 Å². The molecule has 21 heavy (non-hydrogen) atoms. The third kappa shape index (κ3) is 4.65. The Kier molecular flexibility index (Phi) is 5.35. The summed E-state index contributed by atoms with van der Waals surface area (Å²) in [7, 11) is 0. The van der Waals surface area contributed by atoms with Crippen LogP contribution in [0.1, 0.15) is 11.1 Å². The van der Waals surface area contributed by atoms with Gasteiger partial charge in [-0.3, -0.25) is 0 Å². The van der Waals surface area contributed by atoms with Gasteiger partial charge >= 0.3 is 12.4 Å². The zero-order valence-corrected chi connectivity index (χ0v) is 10.9. The van der Waals surface area contributed by atoms with Crippen LogP contribution in [-0.4, -0.2) is 29.5 Å². The predicted octanol–water partition coefficient (Wildman–Crippen LogP) is 3.14. The fraction of sp³-hybridized carbons (Fsp3) is 0.455. The summed E-state index contributed by atoms with van der Waals surface area (Å²) in [6, 6.07) is 0.809. The lowest BCUT2D eigenvalue weighted by Crippen LogP contribution is -2.23. The van der Waals surface area contributed by atoms with Crippen LogP contribution in [0.2, 0.25) is 5.02 Å². The van der Waals surface area contributed by atoms with Crippen LogP contribution >= 0.6 is 11.6 Å². The number of hydrogen-bond acceptors (Lipinski definition) is 3. The maximum atomic E-state index is 12.7. The first kappa shape index (κ1) is 17.9. The molecular formula is C11H10ClF6NO2. The number of aliphatic hydroxyl groups excluding tert-OH is 2. The van der Waals surface area contributed by atoms with Gasteiger partial charge in [0.15, 0.2) is 0 Å². The van der Waals surface area contributed by atoms with Gasteiger partial charge in [-0.1, -0.05) is 11.6 Å². The average Bonchev–Trinajstić information content (AvgIpc) is 2.34. The molecular weight excluding hydrogens is 328 g/mol. The van der Waals surface area contributed by atoms with Gasteiger partial charge in [0.2, 0.25) is 0 Å². The van der Waals surface area contributed by atoms with Crippen LogP contribution in [0.15, 0.2) is 12.1 Å². The largest absolute Gasteiger partial charge is 0.417 e. The van der Waals surface area contributed by atoms with Crippen LogP contribution in [-0.2, 0) is 12.4 Å². The van der Waals surface area contributed by atoms with E-state index in [9.17, 15) is 26.3 Å². The van der Waals surface area contributed by atoms with Gasteiger partial charge in [0, 0.05) is 12.2 Å². The molecule has 0 heterocycles. The minimum absolute atomic E-state index is 0.404. The number of rotatable bonds is 4. The van der Waals surface area contributed by atoms with E-state index in [1.165, 1.54) is 0 Å². The van der Waals surface area contributed by atoms with Gasteiger partial charge in [-0.25, -0.2) is 0 Å². The van der Waals surface area contributed by atoms with Crippen LogP contribution in [0.5, 0.6) is 0 Å². The predicted molar refractivity (Wildman–Crippen MR) is 63.0 cm³/mol. The van der Waals surface area contributed by atoms with Crippen molar-refractivity contribution in [2.24, 2.45) is 0 Å². The van der Waals surface area contributed by atoms with Crippen molar-refractivity contribution in [2.75, 3.05) is 18.5 Å². The van der Waals surface area contributed by atoms with Crippen LogP contribution < -0.4 is 5.32 Å². The summed E-state index contributed by atoms with van der Waals surface area (Å²) >= 11 is 5.18. The molecule has 120 valence electrons. The second kappa shape index (κ2) is 6.29. The molecule has 0 aliphatic heterocycles. The molecule has 1 atom stereocenters. The van der Waals surface area contributed by atoms with Gasteiger partial charge < -0.3 is 15.5 Å². The lowest BCUT2D eigenvalue weighted by molar-refractivity contribution is -0.142. The van der Waals surface area contributed by atoms with E-state index >= 15 is 0 Å². The zero-order chi connectivity index (χ0) is 16.4. The molecule has 0 aliphatic rings. The topological polar surface area (TPSA) is 52.5 Å². The van der Waals surface area contributed by atoms with Gasteiger partial charge in [-0.15, -0.1) is 0 Å². The molecule has 10 heteroatoms. The zero-order valence-electron chi connectivity index (χ0n) is 10.2. The Hall–Kier alpha value is -1.19. The fourth-order valence-electron chi connectivity index (χ4n) is 1.44. The Bertz CT molecular complexity index is 467. The Labute approximate surface area is 120 Å². The van der Waals surface area contributed by atoms with Crippen LogP contribution in [0.3, 0.4) is 0 Å². The molecule has 3 N–H and O–H groups in total. The van der Waals surface area contributed by atoms with E-state index < -0.39 is 53.4 Å².